The summed E-state index contributed by atoms with van der Waals surface area (Å²) in [6, 6.07) is 0.547. The van der Waals surface area contributed by atoms with Crippen molar-refractivity contribution in [2.45, 2.75) is 90.2 Å². The molecule has 0 radical (unpaired) electrons. The lowest BCUT2D eigenvalue weighted by Gasteiger charge is -2.47. The summed E-state index contributed by atoms with van der Waals surface area (Å²) >= 11 is 0. The molecule has 2 aliphatic rings. The summed E-state index contributed by atoms with van der Waals surface area (Å²) in [6.45, 7) is 7.91. The van der Waals surface area contributed by atoms with Gasteiger partial charge in [-0.3, -0.25) is 0 Å². The van der Waals surface area contributed by atoms with E-state index in [1.807, 2.05) is 0 Å². The van der Waals surface area contributed by atoms with Crippen LogP contribution in [0.1, 0.15) is 78.6 Å². The lowest BCUT2D eigenvalue weighted by atomic mass is 9.68. The number of likely N-dealkylation sites (N-methyl/N-ethyl adjacent to an activating group) is 1. The molecule has 2 heteroatoms. The molecule has 2 fully saturated rings. The second-order valence-corrected chi connectivity index (χ2v) is 7.71. The summed E-state index contributed by atoms with van der Waals surface area (Å²) in [5.74, 6) is 2.56. The van der Waals surface area contributed by atoms with Gasteiger partial charge in [-0.25, -0.2) is 0 Å². The Morgan fingerprint density at radius 1 is 1.05 bits per heavy atom. The van der Waals surface area contributed by atoms with Crippen LogP contribution in [-0.2, 0) is 4.74 Å². The van der Waals surface area contributed by atoms with Gasteiger partial charge in [0.1, 0.15) is 0 Å². The van der Waals surface area contributed by atoms with E-state index in [0.29, 0.717) is 6.04 Å². The number of nitrogens with one attached hydrogen (secondary N) is 1. The van der Waals surface area contributed by atoms with Crippen molar-refractivity contribution in [3.8, 4) is 0 Å². The summed E-state index contributed by atoms with van der Waals surface area (Å²) in [5, 5.41) is 3.71. The Kier molecular flexibility index (Phi) is 6.55. The van der Waals surface area contributed by atoms with Crippen LogP contribution >= 0.6 is 0 Å². The second-order valence-electron chi connectivity index (χ2n) is 7.71. The molecule has 0 aromatic heterocycles. The van der Waals surface area contributed by atoms with Crippen molar-refractivity contribution in [1.82, 2.24) is 5.32 Å². The van der Waals surface area contributed by atoms with Crippen molar-refractivity contribution >= 4 is 0 Å². The largest absolute Gasteiger partial charge is 0.374 e. The molecule has 2 rings (SSSR count). The molecule has 1 N–H and O–H groups in total. The van der Waals surface area contributed by atoms with Crippen LogP contribution in [0.3, 0.4) is 0 Å². The van der Waals surface area contributed by atoms with Crippen LogP contribution in [0.5, 0.6) is 0 Å². The van der Waals surface area contributed by atoms with Gasteiger partial charge >= 0.3 is 0 Å². The van der Waals surface area contributed by atoms with Crippen molar-refractivity contribution in [3.05, 3.63) is 0 Å². The number of hydrogen-bond donors (Lipinski definition) is 1. The molecule has 0 spiro atoms. The molecule has 0 aromatic rings. The fraction of sp³-hybridized carbons (Fsp3) is 1.00. The maximum absolute atomic E-state index is 6.46. The minimum atomic E-state index is 0.102. The third-order valence-electron chi connectivity index (χ3n) is 6.37. The third-order valence-corrected chi connectivity index (χ3v) is 6.37. The van der Waals surface area contributed by atoms with Crippen molar-refractivity contribution < 1.29 is 4.74 Å². The first-order valence-electron chi connectivity index (χ1n) is 9.44. The first-order valence-corrected chi connectivity index (χ1v) is 9.44. The van der Waals surface area contributed by atoms with Gasteiger partial charge in [-0.2, -0.15) is 0 Å². The molecular weight excluding hydrogens is 258 g/mol. The smallest absolute Gasteiger partial charge is 0.0837 e. The monoisotopic (exact) mass is 295 g/mol. The highest BCUT2D eigenvalue weighted by Gasteiger charge is 2.44. The van der Waals surface area contributed by atoms with E-state index in [1.54, 1.807) is 0 Å². The number of ether oxygens (including phenoxy) is 1. The van der Waals surface area contributed by atoms with Gasteiger partial charge < -0.3 is 10.1 Å². The summed E-state index contributed by atoms with van der Waals surface area (Å²) < 4.78 is 6.46. The zero-order chi connectivity index (χ0) is 15.3. The van der Waals surface area contributed by atoms with Gasteiger partial charge in [0.2, 0.25) is 0 Å². The van der Waals surface area contributed by atoms with E-state index in [9.17, 15) is 0 Å². The molecule has 2 nitrogen and oxygen atoms in total. The molecule has 4 atom stereocenters. The third kappa shape index (κ3) is 4.01. The fourth-order valence-electron chi connectivity index (χ4n) is 4.98. The van der Waals surface area contributed by atoms with Crippen LogP contribution in [0.4, 0.5) is 0 Å². The van der Waals surface area contributed by atoms with E-state index in [-0.39, 0.29) is 5.60 Å². The quantitative estimate of drug-likeness (QED) is 0.737. The zero-order valence-electron chi connectivity index (χ0n) is 14.8. The van der Waals surface area contributed by atoms with E-state index in [2.05, 4.69) is 33.1 Å². The van der Waals surface area contributed by atoms with Crippen molar-refractivity contribution in [1.29, 1.82) is 0 Å². The topological polar surface area (TPSA) is 21.3 Å². The van der Waals surface area contributed by atoms with Gasteiger partial charge in [0, 0.05) is 12.6 Å². The highest BCUT2D eigenvalue weighted by molar-refractivity contribution is 4.99. The Labute approximate surface area is 132 Å². The highest BCUT2D eigenvalue weighted by atomic mass is 16.5. The van der Waals surface area contributed by atoms with Gasteiger partial charge in [0.05, 0.1) is 5.60 Å². The lowest BCUT2D eigenvalue weighted by Crippen LogP contribution is -2.56. The molecule has 0 saturated heterocycles. The van der Waals surface area contributed by atoms with Gasteiger partial charge in [-0.15, -0.1) is 0 Å². The van der Waals surface area contributed by atoms with Crippen molar-refractivity contribution in [3.63, 3.8) is 0 Å². The Balaban J connectivity index is 2.14. The average Bonchev–Trinajstić information content (AvgIpc) is 2.70. The van der Waals surface area contributed by atoms with Crippen molar-refractivity contribution in [2.24, 2.45) is 17.8 Å². The van der Waals surface area contributed by atoms with E-state index in [1.165, 1.54) is 57.8 Å². The number of rotatable bonds is 5. The summed E-state index contributed by atoms with van der Waals surface area (Å²) in [6.07, 6.45) is 12.1. The molecule has 0 heterocycles. The van der Waals surface area contributed by atoms with Crippen LogP contribution < -0.4 is 5.32 Å². The van der Waals surface area contributed by atoms with Crippen LogP contribution in [0.2, 0.25) is 0 Å². The van der Waals surface area contributed by atoms with Gasteiger partial charge in [0.25, 0.3) is 0 Å². The van der Waals surface area contributed by atoms with Gasteiger partial charge in [-0.05, 0) is 57.4 Å². The molecule has 0 aliphatic heterocycles. The van der Waals surface area contributed by atoms with Crippen LogP contribution in [-0.4, -0.2) is 25.3 Å². The van der Waals surface area contributed by atoms with Crippen LogP contribution in [0, 0.1) is 17.8 Å². The fourth-order valence-corrected chi connectivity index (χ4v) is 4.98. The molecular formula is C19H37NO. The molecule has 0 amide bonds. The first kappa shape index (κ1) is 17.3. The highest BCUT2D eigenvalue weighted by Crippen LogP contribution is 2.42. The normalized spacial score (nSPS) is 35.1. The van der Waals surface area contributed by atoms with Crippen LogP contribution in [0.25, 0.3) is 0 Å². The SMILES string of the molecule is CCOC1(C(NC)C2CCC(C)C(C)C2)CCCCCC1. The minimum absolute atomic E-state index is 0.102. The van der Waals surface area contributed by atoms with E-state index in [4.69, 9.17) is 4.74 Å². The summed E-state index contributed by atoms with van der Waals surface area (Å²) in [4.78, 5) is 0. The van der Waals surface area contributed by atoms with Gasteiger partial charge in [0.15, 0.2) is 0 Å². The van der Waals surface area contributed by atoms with E-state index in [0.717, 1.165) is 24.4 Å². The maximum Gasteiger partial charge on any atom is 0.0837 e. The Hall–Kier alpha value is -0.0800. The van der Waals surface area contributed by atoms with Crippen LogP contribution in [0.15, 0.2) is 0 Å². The predicted molar refractivity (Wildman–Crippen MR) is 90.6 cm³/mol. The van der Waals surface area contributed by atoms with Gasteiger partial charge in [-0.1, -0.05) is 46.0 Å². The van der Waals surface area contributed by atoms with E-state index >= 15 is 0 Å². The van der Waals surface area contributed by atoms with E-state index < -0.39 is 0 Å². The molecule has 2 saturated carbocycles. The second kappa shape index (κ2) is 7.97. The molecule has 0 bridgehead atoms. The molecule has 4 unspecified atom stereocenters. The summed E-state index contributed by atoms with van der Waals surface area (Å²) in [7, 11) is 2.17. The summed E-state index contributed by atoms with van der Waals surface area (Å²) in [5.41, 5.74) is 0.102. The minimum Gasteiger partial charge on any atom is -0.374 e. The molecule has 124 valence electrons. The molecule has 21 heavy (non-hydrogen) atoms. The zero-order valence-corrected chi connectivity index (χ0v) is 14.8. The van der Waals surface area contributed by atoms with Crippen molar-refractivity contribution in [2.75, 3.05) is 13.7 Å². The molecule has 0 aromatic carbocycles. The average molecular weight is 296 g/mol. The maximum atomic E-state index is 6.46. The predicted octanol–water partition coefficient (Wildman–Crippen LogP) is 4.78. The first-order chi connectivity index (χ1) is 10.1. The molecule has 2 aliphatic carbocycles. The standard InChI is InChI=1S/C19H37NO/c1-5-21-19(12-8-6-7-9-13-19)18(20-4)17-11-10-15(2)16(3)14-17/h15-18,20H,5-14H2,1-4H3. The lowest BCUT2D eigenvalue weighted by molar-refractivity contribution is -0.0948. The number of hydrogen-bond acceptors (Lipinski definition) is 2. The Morgan fingerprint density at radius 3 is 2.24 bits per heavy atom. The Morgan fingerprint density at radius 2 is 1.71 bits per heavy atom. The Bertz CT molecular complexity index is 296.